The molecule has 20 heavy (non-hydrogen) atoms. The van der Waals surface area contributed by atoms with E-state index in [4.69, 9.17) is 4.42 Å². The Labute approximate surface area is 118 Å². The third-order valence-electron chi connectivity index (χ3n) is 3.60. The van der Waals surface area contributed by atoms with Crippen molar-refractivity contribution in [1.29, 1.82) is 0 Å². The number of nitrogens with one attached hydrogen (secondary N) is 1. The van der Waals surface area contributed by atoms with Gasteiger partial charge in [0.2, 0.25) is 0 Å². The number of rotatable bonds is 4. The fourth-order valence-corrected chi connectivity index (χ4v) is 2.43. The van der Waals surface area contributed by atoms with Crippen LogP contribution in [0, 0.1) is 0 Å². The molecule has 4 heteroatoms. The summed E-state index contributed by atoms with van der Waals surface area (Å²) in [7, 11) is 1.93. The highest BCUT2D eigenvalue weighted by Crippen LogP contribution is 2.25. The van der Waals surface area contributed by atoms with Crippen molar-refractivity contribution in [3.8, 4) is 0 Å². The van der Waals surface area contributed by atoms with Crippen LogP contribution in [0.3, 0.4) is 0 Å². The molecule has 2 atom stereocenters. The Hall–Kier alpha value is -2.07. The van der Waals surface area contributed by atoms with Crippen molar-refractivity contribution in [2.24, 2.45) is 7.05 Å². The van der Waals surface area contributed by atoms with E-state index in [1.165, 1.54) is 5.56 Å². The molecule has 0 fully saturated rings. The highest BCUT2D eigenvalue weighted by molar-refractivity contribution is 5.77. The molecule has 4 nitrogen and oxygen atoms in total. The van der Waals surface area contributed by atoms with Crippen molar-refractivity contribution >= 4 is 11.0 Å². The molecule has 0 aliphatic rings. The minimum atomic E-state index is 0.151. The third kappa shape index (κ3) is 2.47. The van der Waals surface area contributed by atoms with Crippen LogP contribution in [0.5, 0.6) is 0 Å². The van der Waals surface area contributed by atoms with Gasteiger partial charge in [0, 0.05) is 30.2 Å². The first kappa shape index (κ1) is 12.9. The fourth-order valence-electron chi connectivity index (χ4n) is 2.43. The first-order valence-corrected chi connectivity index (χ1v) is 6.86. The summed E-state index contributed by atoms with van der Waals surface area (Å²) >= 11 is 0. The Morgan fingerprint density at radius 2 is 2.00 bits per heavy atom. The van der Waals surface area contributed by atoms with Gasteiger partial charge in [0.05, 0.1) is 12.2 Å². The summed E-state index contributed by atoms with van der Waals surface area (Å²) in [6.45, 7) is 4.25. The van der Waals surface area contributed by atoms with Crippen LogP contribution in [-0.2, 0) is 7.05 Å². The lowest BCUT2D eigenvalue weighted by atomic mass is 10.1. The highest BCUT2D eigenvalue weighted by Gasteiger charge is 2.15. The van der Waals surface area contributed by atoms with Gasteiger partial charge in [-0.1, -0.05) is 18.2 Å². The van der Waals surface area contributed by atoms with Crippen LogP contribution in [0.25, 0.3) is 11.0 Å². The Kier molecular flexibility index (Phi) is 3.32. The van der Waals surface area contributed by atoms with E-state index < -0.39 is 0 Å². The maximum Gasteiger partial charge on any atom is 0.134 e. The first-order chi connectivity index (χ1) is 9.63. The number of hydrogen-bond acceptors (Lipinski definition) is 3. The molecular weight excluding hydrogens is 250 g/mol. The second-order valence-corrected chi connectivity index (χ2v) is 5.24. The summed E-state index contributed by atoms with van der Waals surface area (Å²) in [4.78, 5) is 0. The standard InChI is InChI=1S/C16H19N3O/c1-11(14-9-17-19(3)10-14)18-12(2)16-8-13-6-4-5-7-15(13)20-16/h4-12,18H,1-3H3. The highest BCUT2D eigenvalue weighted by atomic mass is 16.3. The minimum absolute atomic E-state index is 0.151. The van der Waals surface area contributed by atoms with Crippen LogP contribution < -0.4 is 5.32 Å². The fraction of sp³-hybridized carbons (Fsp3) is 0.312. The zero-order valence-electron chi connectivity index (χ0n) is 12.0. The largest absolute Gasteiger partial charge is 0.459 e. The van der Waals surface area contributed by atoms with Gasteiger partial charge >= 0.3 is 0 Å². The molecule has 0 aliphatic carbocycles. The van der Waals surface area contributed by atoms with Gasteiger partial charge in [-0.15, -0.1) is 0 Å². The van der Waals surface area contributed by atoms with Crippen molar-refractivity contribution in [3.05, 3.63) is 54.0 Å². The number of nitrogens with zero attached hydrogens (tertiary/aromatic N) is 2. The molecule has 0 saturated carbocycles. The van der Waals surface area contributed by atoms with E-state index in [0.717, 1.165) is 16.7 Å². The monoisotopic (exact) mass is 269 g/mol. The summed E-state index contributed by atoms with van der Waals surface area (Å²) in [6, 6.07) is 10.6. The molecule has 0 aliphatic heterocycles. The molecule has 0 radical (unpaired) electrons. The zero-order valence-corrected chi connectivity index (χ0v) is 12.0. The van der Waals surface area contributed by atoms with Crippen LogP contribution in [0.1, 0.15) is 37.3 Å². The van der Waals surface area contributed by atoms with Gasteiger partial charge in [0.15, 0.2) is 0 Å². The number of furan rings is 1. The van der Waals surface area contributed by atoms with Crippen LogP contribution in [0.4, 0.5) is 0 Å². The lowest BCUT2D eigenvalue weighted by Crippen LogP contribution is -2.21. The minimum Gasteiger partial charge on any atom is -0.459 e. The average molecular weight is 269 g/mol. The van der Waals surface area contributed by atoms with Gasteiger partial charge in [-0.25, -0.2) is 0 Å². The number of para-hydroxylation sites is 1. The predicted octanol–water partition coefficient (Wildman–Crippen LogP) is 3.58. The van der Waals surface area contributed by atoms with E-state index in [9.17, 15) is 0 Å². The first-order valence-electron chi connectivity index (χ1n) is 6.86. The number of fused-ring (bicyclic) bond motifs is 1. The molecule has 0 spiro atoms. The molecular formula is C16H19N3O. The Bertz CT molecular complexity index is 680. The Morgan fingerprint density at radius 3 is 2.70 bits per heavy atom. The van der Waals surface area contributed by atoms with Gasteiger partial charge < -0.3 is 9.73 Å². The second-order valence-electron chi connectivity index (χ2n) is 5.24. The van der Waals surface area contributed by atoms with E-state index in [-0.39, 0.29) is 12.1 Å². The Balaban J connectivity index is 1.76. The van der Waals surface area contributed by atoms with Crippen molar-refractivity contribution < 1.29 is 4.42 Å². The molecule has 1 N–H and O–H groups in total. The summed E-state index contributed by atoms with van der Waals surface area (Å²) in [5, 5.41) is 8.89. The summed E-state index contributed by atoms with van der Waals surface area (Å²) in [5.74, 6) is 0.960. The van der Waals surface area contributed by atoms with E-state index in [1.54, 1.807) is 0 Å². The number of hydrogen-bond donors (Lipinski definition) is 1. The van der Waals surface area contributed by atoms with Gasteiger partial charge in [-0.2, -0.15) is 5.10 Å². The maximum atomic E-state index is 5.89. The summed E-state index contributed by atoms with van der Waals surface area (Å²) in [5.41, 5.74) is 2.11. The molecule has 3 aromatic rings. The average Bonchev–Trinajstić information content (AvgIpc) is 3.04. The summed E-state index contributed by atoms with van der Waals surface area (Å²) in [6.07, 6.45) is 3.92. The lowest BCUT2D eigenvalue weighted by molar-refractivity contribution is 0.417. The second kappa shape index (κ2) is 5.13. The molecule has 1 aromatic carbocycles. The van der Waals surface area contributed by atoms with Gasteiger partial charge in [-0.05, 0) is 26.0 Å². The van der Waals surface area contributed by atoms with E-state index >= 15 is 0 Å². The van der Waals surface area contributed by atoms with Crippen molar-refractivity contribution in [3.63, 3.8) is 0 Å². The molecule has 0 bridgehead atoms. The molecule has 3 rings (SSSR count). The SMILES string of the molecule is CC(NC(C)c1cc2ccccc2o1)c1cnn(C)c1. The zero-order chi connectivity index (χ0) is 14.1. The van der Waals surface area contributed by atoms with E-state index in [1.807, 2.05) is 42.3 Å². The molecule has 0 saturated heterocycles. The normalized spacial score (nSPS) is 14.6. The smallest absolute Gasteiger partial charge is 0.134 e. The Morgan fingerprint density at radius 1 is 1.20 bits per heavy atom. The van der Waals surface area contributed by atoms with Gasteiger partial charge in [0.1, 0.15) is 11.3 Å². The molecule has 2 aromatic heterocycles. The third-order valence-corrected chi connectivity index (χ3v) is 3.60. The van der Waals surface area contributed by atoms with E-state index in [2.05, 4.69) is 36.4 Å². The lowest BCUT2D eigenvalue weighted by Gasteiger charge is -2.17. The summed E-state index contributed by atoms with van der Waals surface area (Å²) < 4.78 is 7.71. The molecule has 0 amide bonds. The maximum absolute atomic E-state index is 5.89. The van der Waals surface area contributed by atoms with E-state index in [0.29, 0.717) is 0 Å². The van der Waals surface area contributed by atoms with Crippen LogP contribution in [0.2, 0.25) is 0 Å². The van der Waals surface area contributed by atoms with Crippen LogP contribution in [-0.4, -0.2) is 9.78 Å². The molecule has 2 unspecified atom stereocenters. The van der Waals surface area contributed by atoms with Crippen LogP contribution >= 0.6 is 0 Å². The van der Waals surface area contributed by atoms with Gasteiger partial charge in [-0.3, -0.25) is 4.68 Å². The molecule has 2 heterocycles. The number of benzene rings is 1. The van der Waals surface area contributed by atoms with Gasteiger partial charge in [0.25, 0.3) is 0 Å². The van der Waals surface area contributed by atoms with Crippen molar-refractivity contribution in [2.75, 3.05) is 0 Å². The van der Waals surface area contributed by atoms with Crippen LogP contribution in [0.15, 0.2) is 47.1 Å². The van der Waals surface area contributed by atoms with Crippen molar-refractivity contribution in [2.45, 2.75) is 25.9 Å². The number of aromatic nitrogens is 2. The molecule has 104 valence electrons. The predicted molar refractivity (Wildman–Crippen MR) is 79.4 cm³/mol. The quantitative estimate of drug-likeness (QED) is 0.787. The topological polar surface area (TPSA) is 43.0 Å². The number of aryl methyl sites for hydroxylation is 1. The van der Waals surface area contributed by atoms with Crippen molar-refractivity contribution in [1.82, 2.24) is 15.1 Å².